The molecular weight excluding hydrogens is 174 g/mol. The number of hydrogen-bond acceptors (Lipinski definition) is 1. The van der Waals surface area contributed by atoms with Gasteiger partial charge in [-0.2, -0.15) is 0 Å². The maximum Gasteiger partial charge on any atom is 0.220 e. The van der Waals surface area contributed by atoms with Crippen molar-refractivity contribution in [2.75, 3.05) is 6.54 Å². The molecule has 2 heteroatoms. The van der Waals surface area contributed by atoms with E-state index in [0.717, 1.165) is 19.4 Å². The van der Waals surface area contributed by atoms with Crippen LogP contribution in [-0.2, 0) is 4.79 Å². The van der Waals surface area contributed by atoms with Crippen LogP contribution in [0.15, 0.2) is 0 Å². The Kier molecular flexibility index (Phi) is 2.32. The zero-order chi connectivity index (χ0) is 10.2. The summed E-state index contributed by atoms with van der Waals surface area (Å²) in [5.74, 6) is 0.250. The van der Waals surface area contributed by atoms with E-state index in [1.54, 1.807) is 0 Å². The second-order valence-electron chi connectivity index (χ2n) is 5.94. The summed E-state index contributed by atoms with van der Waals surface area (Å²) in [7, 11) is 0. The van der Waals surface area contributed by atoms with Gasteiger partial charge in [0.1, 0.15) is 0 Å². The summed E-state index contributed by atoms with van der Waals surface area (Å²) in [6.07, 6.45) is 7.13. The highest BCUT2D eigenvalue weighted by Gasteiger charge is 2.40. The summed E-state index contributed by atoms with van der Waals surface area (Å²) in [6, 6.07) is 0. The lowest BCUT2D eigenvalue weighted by Gasteiger charge is -2.45. The SMILES string of the molecule is CC1(C)CCC2(CCC(=O)NC2)CC1. The van der Waals surface area contributed by atoms with Crippen LogP contribution in [0.4, 0.5) is 0 Å². The minimum atomic E-state index is 0.250. The molecule has 0 bridgehead atoms. The smallest absolute Gasteiger partial charge is 0.220 e. The van der Waals surface area contributed by atoms with Gasteiger partial charge in [0, 0.05) is 13.0 Å². The monoisotopic (exact) mass is 195 g/mol. The normalized spacial score (nSPS) is 30.0. The van der Waals surface area contributed by atoms with Crippen molar-refractivity contribution in [3.8, 4) is 0 Å². The lowest BCUT2D eigenvalue weighted by Crippen LogP contribution is -2.46. The molecule has 0 aromatic rings. The van der Waals surface area contributed by atoms with Crippen LogP contribution in [0, 0.1) is 10.8 Å². The standard InChI is InChI=1S/C12H21NO/c1-11(2)5-7-12(8-6-11)4-3-10(14)13-9-12/h3-9H2,1-2H3,(H,13,14). The van der Waals surface area contributed by atoms with Crippen molar-refractivity contribution in [1.29, 1.82) is 0 Å². The van der Waals surface area contributed by atoms with Crippen molar-refractivity contribution in [3.63, 3.8) is 0 Å². The summed E-state index contributed by atoms with van der Waals surface area (Å²) in [5, 5.41) is 3.03. The minimum absolute atomic E-state index is 0.250. The fraction of sp³-hybridized carbons (Fsp3) is 0.917. The van der Waals surface area contributed by atoms with Crippen LogP contribution in [-0.4, -0.2) is 12.5 Å². The summed E-state index contributed by atoms with van der Waals surface area (Å²) in [6.45, 7) is 5.66. The predicted octanol–water partition coefficient (Wildman–Crippen LogP) is 2.48. The van der Waals surface area contributed by atoms with E-state index >= 15 is 0 Å². The first-order valence-corrected chi connectivity index (χ1v) is 5.78. The number of piperidine rings is 1. The van der Waals surface area contributed by atoms with E-state index in [1.807, 2.05) is 0 Å². The summed E-state index contributed by atoms with van der Waals surface area (Å²) >= 11 is 0. The Morgan fingerprint density at radius 2 is 1.71 bits per heavy atom. The maximum atomic E-state index is 11.1. The van der Waals surface area contributed by atoms with Crippen molar-refractivity contribution in [2.45, 2.75) is 52.4 Å². The van der Waals surface area contributed by atoms with E-state index in [-0.39, 0.29) is 5.91 Å². The molecule has 1 amide bonds. The Morgan fingerprint density at radius 3 is 2.21 bits per heavy atom. The lowest BCUT2D eigenvalue weighted by atomic mass is 9.62. The molecule has 1 aliphatic heterocycles. The molecule has 0 atom stereocenters. The molecule has 1 aliphatic carbocycles. The first kappa shape index (κ1) is 10.0. The third-order valence-corrected chi connectivity index (χ3v) is 4.21. The molecule has 2 fully saturated rings. The Balaban J connectivity index is 1.96. The van der Waals surface area contributed by atoms with Gasteiger partial charge in [-0.1, -0.05) is 13.8 Å². The fourth-order valence-corrected chi connectivity index (χ4v) is 2.73. The lowest BCUT2D eigenvalue weighted by molar-refractivity contribution is -0.125. The van der Waals surface area contributed by atoms with Gasteiger partial charge in [-0.05, 0) is 42.9 Å². The van der Waals surface area contributed by atoms with Crippen molar-refractivity contribution in [3.05, 3.63) is 0 Å². The largest absolute Gasteiger partial charge is 0.356 e. The van der Waals surface area contributed by atoms with Gasteiger partial charge in [0.2, 0.25) is 5.91 Å². The maximum absolute atomic E-state index is 11.1. The highest BCUT2D eigenvalue weighted by Crippen LogP contribution is 2.47. The molecular formula is C12H21NO. The number of nitrogens with one attached hydrogen (secondary N) is 1. The molecule has 1 saturated carbocycles. The van der Waals surface area contributed by atoms with Gasteiger partial charge in [0.05, 0.1) is 0 Å². The van der Waals surface area contributed by atoms with Crippen molar-refractivity contribution >= 4 is 5.91 Å². The van der Waals surface area contributed by atoms with Gasteiger partial charge in [-0.15, -0.1) is 0 Å². The molecule has 1 heterocycles. The third kappa shape index (κ3) is 1.94. The molecule has 1 spiro atoms. The van der Waals surface area contributed by atoms with E-state index in [9.17, 15) is 4.79 Å². The van der Waals surface area contributed by atoms with E-state index < -0.39 is 0 Å². The van der Waals surface area contributed by atoms with Crippen LogP contribution in [0.3, 0.4) is 0 Å². The zero-order valence-corrected chi connectivity index (χ0v) is 9.36. The van der Waals surface area contributed by atoms with Crippen LogP contribution in [0.25, 0.3) is 0 Å². The third-order valence-electron chi connectivity index (χ3n) is 4.21. The van der Waals surface area contributed by atoms with E-state index in [1.165, 1.54) is 25.7 Å². The highest BCUT2D eigenvalue weighted by atomic mass is 16.1. The first-order chi connectivity index (χ1) is 6.52. The molecule has 0 unspecified atom stereocenters. The number of amides is 1. The molecule has 80 valence electrons. The van der Waals surface area contributed by atoms with E-state index in [0.29, 0.717) is 10.8 Å². The second-order valence-corrected chi connectivity index (χ2v) is 5.94. The number of rotatable bonds is 0. The Labute approximate surface area is 86.5 Å². The van der Waals surface area contributed by atoms with Gasteiger partial charge >= 0.3 is 0 Å². The summed E-state index contributed by atoms with van der Waals surface area (Å²) in [4.78, 5) is 11.1. The van der Waals surface area contributed by atoms with Gasteiger partial charge in [-0.25, -0.2) is 0 Å². The molecule has 2 rings (SSSR count). The number of carbonyl (C=O) groups is 1. The highest BCUT2D eigenvalue weighted by molar-refractivity contribution is 5.76. The first-order valence-electron chi connectivity index (χ1n) is 5.78. The average molecular weight is 195 g/mol. The second kappa shape index (κ2) is 3.25. The van der Waals surface area contributed by atoms with Gasteiger partial charge < -0.3 is 5.32 Å². The van der Waals surface area contributed by atoms with Gasteiger partial charge in [0.25, 0.3) is 0 Å². The molecule has 0 radical (unpaired) electrons. The van der Waals surface area contributed by atoms with Gasteiger partial charge in [-0.3, -0.25) is 4.79 Å². The van der Waals surface area contributed by atoms with Crippen molar-refractivity contribution in [2.24, 2.45) is 10.8 Å². The van der Waals surface area contributed by atoms with E-state index in [4.69, 9.17) is 0 Å². The molecule has 2 nitrogen and oxygen atoms in total. The average Bonchev–Trinajstić information content (AvgIpc) is 2.16. The quantitative estimate of drug-likeness (QED) is 0.632. The van der Waals surface area contributed by atoms with E-state index in [2.05, 4.69) is 19.2 Å². The van der Waals surface area contributed by atoms with Crippen LogP contribution in [0.1, 0.15) is 52.4 Å². The zero-order valence-electron chi connectivity index (χ0n) is 9.36. The molecule has 1 N–H and O–H groups in total. The Hall–Kier alpha value is -0.530. The topological polar surface area (TPSA) is 29.1 Å². The van der Waals surface area contributed by atoms with Gasteiger partial charge in [0.15, 0.2) is 0 Å². The van der Waals surface area contributed by atoms with Crippen LogP contribution < -0.4 is 5.32 Å². The molecule has 0 aromatic carbocycles. The number of carbonyl (C=O) groups excluding carboxylic acids is 1. The predicted molar refractivity (Wildman–Crippen MR) is 56.9 cm³/mol. The Morgan fingerprint density at radius 1 is 1.07 bits per heavy atom. The van der Waals surface area contributed by atoms with Crippen LogP contribution in [0.2, 0.25) is 0 Å². The summed E-state index contributed by atoms with van der Waals surface area (Å²) < 4.78 is 0. The summed E-state index contributed by atoms with van der Waals surface area (Å²) in [5.41, 5.74) is 0.996. The molecule has 1 saturated heterocycles. The minimum Gasteiger partial charge on any atom is -0.356 e. The molecule has 0 aromatic heterocycles. The Bertz CT molecular complexity index is 223. The molecule has 14 heavy (non-hydrogen) atoms. The van der Waals surface area contributed by atoms with Crippen LogP contribution >= 0.6 is 0 Å². The van der Waals surface area contributed by atoms with Crippen molar-refractivity contribution in [1.82, 2.24) is 5.32 Å². The molecule has 2 aliphatic rings. The van der Waals surface area contributed by atoms with Crippen LogP contribution in [0.5, 0.6) is 0 Å². The number of hydrogen-bond donors (Lipinski definition) is 1. The van der Waals surface area contributed by atoms with Crippen molar-refractivity contribution < 1.29 is 4.79 Å². The fourth-order valence-electron chi connectivity index (χ4n) is 2.73.